The Hall–Kier alpha value is -5.66. The average molecular weight is 655 g/mol. The van der Waals surface area contributed by atoms with E-state index in [1.165, 1.54) is 5.56 Å². The van der Waals surface area contributed by atoms with Crippen molar-refractivity contribution in [1.82, 2.24) is 30.5 Å². The van der Waals surface area contributed by atoms with Gasteiger partial charge in [-0.2, -0.15) is 5.10 Å². The van der Waals surface area contributed by atoms with E-state index < -0.39 is 0 Å². The van der Waals surface area contributed by atoms with Crippen LogP contribution in [0.1, 0.15) is 43.9 Å². The highest BCUT2D eigenvalue weighted by atomic mass is 19.1. The molecule has 4 aromatic heterocycles. The number of halogens is 1. The van der Waals surface area contributed by atoms with E-state index in [1.54, 1.807) is 24.5 Å². The predicted octanol–water partition coefficient (Wildman–Crippen LogP) is 10.8. The summed E-state index contributed by atoms with van der Waals surface area (Å²) in [4.78, 5) is 12.6. The molecule has 0 bridgehead atoms. The topological polar surface area (TPSA) is 82.3 Å². The van der Waals surface area contributed by atoms with Crippen molar-refractivity contribution < 1.29 is 4.39 Å². The Bertz CT molecular complexity index is 2010. The highest BCUT2D eigenvalue weighted by Gasteiger charge is 2.16. The summed E-state index contributed by atoms with van der Waals surface area (Å²) in [6.07, 6.45) is 13.5. The first-order valence-electron chi connectivity index (χ1n) is 16.4. The lowest BCUT2D eigenvalue weighted by molar-refractivity contribution is 0.624. The fourth-order valence-corrected chi connectivity index (χ4v) is 5.49. The SMILES string of the molecule is C=C.C=C.C=C/C(=C\C(=C/C)c1cnc2n[nH]c(-c3cc4c(-c5cc(F)cc(CNC)c5)cncc4[nH]3)c2c1)CCc1ccccc1.CC. The van der Waals surface area contributed by atoms with Crippen LogP contribution in [0.4, 0.5) is 4.39 Å². The molecule has 0 fully saturated rings. The van der Waals surface area contributed by atoms with Gasteiger partial charge in [-0.1, -0.05) is 69.0 Å². The largest absolute Gasteiger partial charge is 0.352 e. The van der Waals surface area contributed by atoms with Crippen molar-refractivity contribution in [2.24, 2.45) is 0 Å². The maximum atomic E-state index is 14.5. The monoisotopic (exact) mass is 654 g/mol. The molecule has 252 valence electrons. The van der Waals surface area contributed by atoms with Crippen LogP contribution < -0.4 is 5.32 Å². The maximum Gasteiger partial charge on any atom is 0.181 e. The van der Waals surface area contributed by atoms with Gasteiger partial charge in [-0.3, -0.25) is 10.1 Å². The molecule has 0 aliphatic carbocycles. The summed E-state index contributed by atoms with van der Waals surface area (Å²) in [5, 5.41) is 12.6. The van der Waals surface area contributed by atoms with Crippen LogP contribution in [0.15, 0.2) is 136 Å². The van der Waals surface area contributed by atoms with E-state index in [4.69, 9.17) is 0 Å². The van der Waals surface area contributed by atoms with Crippen molar-refractivity contribution >= 4 is 27.5 Å². The van der Waals surface area contributed by atoms with Crippen molar-refractivity contribution in [2.45, 2.75) is 40.2 Å². The average Bonchev–Trinajstić information content (AvgIpc) is 3.79. The zero-order valence-electron chi connectivity index (χ0n) is 29.1. The number of nitrogens with one attached hydrogen (secondary N) is 3. The summed E-state index contributed by atoms with van der Waals surface area (Å²) < 4.78 is 14.5. The third-order valence-electron chi connectivity index (χ3n) is 7.67. The number of rotatable bonds is 10. The Kier molecular flexibility index (Phi) is 14.8. The van der Waals surface area contributed by atoms with Crippen LogP contribution in [0.25, 0.3) is 50.0 Å². The number of H-pyrrole nitrogens is 2. The standard InChI is InChI=1S/C36H33FN6.C2H6.2C2H4/c1-4-23(11-12-24-9-7-6-8-10-24)13-26(5-2)28-17-31-35(42-43-36(31)40-20-28)33-18-30-32(21-39-22-34(30)41-33)27-14-25(19-38-3)15-29(37)16-27;3*1-2/h4-10,13-18,20-22,38,41H,1,11-12,19H2,2-3H3,(H,40,42,43);1-2H3;2*1-2H2/b23-13+,26-5+;;;. The Morgan fingerprint density at radius 3 is 2.37 bits per heavy atom. The van der Waals surface area contributed by atoms with Crippen LogP contribution in [0.2, 0.25) is 0 Å². The Morgan fingerprint density at radius 2 is 1.67 bits per heavy atom. The van der Waals surface area contributed by atoms with Crippen LogP contribution in [0.5, 0.6) is 0 Å². The van der Waals surface area contributed by atoms with Gasteiger partial charge in [0.1, 0.15) is 5.82 Å². The molecule has 7 heteroatoms. The Morgan fingerprint density at radius 1 is 0.918 bits per heavy atom. The number of nitrogens with zero attached hydrogens (tertiary/aromatic N) is 3. The molecule has 0 unspecified atom stereocenters. The number of aryl methyl sites for hydroxylation is 1. The summed E-state index contributed by atoms with van der Waals surface area (Å²) >= 11 is 0. The number of pyridine rings is 2. The van der Waals surface area contributed by atoms with Crippen LogP contribution in [0, 0.1) is 5.82 Å². The van der Waals surface area contributed by atoms with Gasteiger partial charge < -0.3 is 10.3 Å². The number of hydrogen-bond acceptors (Lipinski definition) is 4. The molecule has 6 aromatic rings. The molecule has 6 nitrogen and oxygen atoms in total. The minimum absolute atomic E-state index is 0.276. The fourth-order valence-electron chi connectivity index (χ4n) is 5.49. The van der Waals surface area contributed by atoms with E-state index in [1.807, 2.05) is 52.2 Å². The highest BCUT2D eigenvalue weighted by Crippen LogP contribution is 2.34. The molecule has 0 saturated carbocycles. The maximum absolute atomic E-state index is 14.5. The van der Waals surface area contributed by atoms with E-state index in [9.17, 15) is 4.39 Å². The fraction of sp³-hybridized carbons (Fsp3) is 0.167. The van der Waals surface area contributed by atoms with Crippen molar-refractivity contribution in [3.8, 4) is 22.5 Å². The third kappa shape index (κ3) is 9.24. The lowest BCUT2D eigenvalue weighted by Crippen LogP contribution is -2.05. The van der Waals surface area contributed by atoms with Gasteiger partial charge >= 0.3 is 0 Å². The highest BCUT2D eigenvalue weighted by molar-refractivity contribution is 6.00. The first-order valence-corrected chi connectivity index (χ1v) is 16.4. The number of benzene rings is 2. The van der Waals surface area contributed by atoms with E-state index in [0.717, 1.165) is 73.9 Å². The van der Waals surface area contributed by atoms with E-state index in [-0.39, 0.29) is 5.82 Å². The van der Waals surface area contributed by atoms with Crippen molar-refractivity contribution in [3.05, 3.63) is 158 Å². The lowest BCUT2D eigenvalue weighted by Gasteiger charge is -2.07. The van der Waals surface area contributed by atoms with Crippen LogP contribution >= 0.6 is 0 Å². The molecular weight excluding hydrogens is 608 g/mol. The van der Waals surface area contributed by atoms with E-state index in [0.29, 0.717) is 12.2 Å². The first kappa shape index (κ1) is 37.8. The number of hydrogen-bond donors (Lipinski definition) is 3. The minimum atomic E-state index is -0.276. The van der Waals surface area contributed by atoms with Crippen molar-refractivity contribution in [2.75, 3.05) is 7.05 Å². The molecule has 0 aliphatic rings. The summed E-state index contributed by atoms with van der Waals surface area (Å²) in [6, 6.07) is 19.7. The summed E-state index contributed by atoms with van der Waals surface area (Å²) in [6.45, 7) is 22.7. The molecule has 0 spiro atoms. The van der Waals surface area contributed by atoms with Gasteiger partial charge in [0.05, 0.1) is 23.1 Å². The third-order valence-corrected chi connectivity index (χ3v) is 7.67. The van der Waals surface area contributed by atoms with E-state index >= 15 is 0 Å². The van der Waals surface area contributed by atoms with Crippen molar-refractivity contribution in [1.29, 1.82) is 0 Å². The second-order valence-corrected chi connectivity index (χ2v) is 10.6. The lowest BCUT2D eigenvalue weighted by atomic mass is 9.99. The van der Waals surface area contributed by atoms with Gasteiger partial charge in [0, 0.05) is 40.8 Å². The second kappa shape index (κ2) is 19.2. The summed E-state index contributed by atoms with van der Waals surface area (Å²) in [5.74, 6) is -0.276. The van der Waals surface area contributed by atoms with Gasteiger partial charge in [0.25, 0.3) is 0 Å². The number of aromatic nitrogens is 5. The predicted molar refractivity (Wildman–Crippen MR) is 208 cm³/mol. The molecule has 0 amide bonds. The molecule has 4 heterocycles. The zero-order valence-corrected chi connectivity index (χ0v) is 29.1. The Labute approximate surface area is 290 Å². The first-order chi connectivity index (χ1) is 24.1. The normalized spacial score (nSPS) is 11.1. The molecule has 3 N–H and O–H groups in total. The van der Waals surface area contributed by atoms with Gasteiger partial charge in [-0.05, 0) is 85.0 Å². The minimum Gasteiger partial charge on any atom is -0.352 e. The van der Waals surface area contributed by atoms with Gasteiger partial charge in [0.15, 0.2) is 5.65 Å². The van der Waals surface area contributed by atoms with Crippen LogP contribution in [-0.2, 0) is 13.0 Å². The number of fused-ring (bicyclic) bond motifs is 2. The van der Waals surface area contributed by atoms with Gasteiger partial charge in [-0.25, -0.2) is 9.37 Å². The van der Waals surface area contributed by atoms with Crippen molar-refractivity contribution in [3.63, 3.8) is 0 Å². The number of aromatic amines is 2. The molecule has 6 rings (SSSR count). The zero-order chi connectivity index (χ0) is 35.8. The van der Waals surface area contributed by atoms with Crippen LogP contribution in [0.3, 0.4) is 0 Å². The quantitative estimate of drug-likeness (QED) is 0.101. The summed E-state index contributed by atoms with van der Waals surface area (Å²) in [5.41, 5.74) is 10.2. The Balaban J connectivity index is 0.00000103. The van der Waals surface area contributed by atoms with Gasteiger partial charge in [-0.15, -0.1) is 26.3 Å². The molecule has 0 radical (unpaired) electrons. The molecular formula is C42H47FN6. The van der Waals surface area contributed by atoms with Crippen LogP contribution in [-0.4, -0.2) is 32.2 Å². The second-order valence-electron chi connectivity index (χ2n) is 10.6. The smallest absolute Gasteiger partial charge is 0.181 e. The molecule has 2 aromatic carbocycles. The molecule has 0 saturated heterocycles. The van der Waals surface area contributed by atoms with E-state index in [2.05, 4.69) is 112 Å². The molecule has 0 atom stereocenters. The molecule has 49 heavy (non-hydrogen) atoms. The van der Waals surface area contributed by atoms with Gasteiger partial charge in [0.2, 0.25) is 0 Å². The number of allylic oxidation sites excluding steroid dienone is 5. The molecule has 0 aliphatic heterocycles. The summed E-state index contributed by atoms with van der Waals surface area (Å²) in [7, 11) is 1.85.